The van der Waals surface area contributed by atoms with Gasteiger partial charge in [-0.05, 0) is 43.7 Å². The van der Waals surface area contributed by atoms with Gasteiger partial charge in [0.25, 0.3) is 5.89 Å². The quantitative estimate of drug-likeness (QED) is 0.712. The molecule has 0 unspecified atom stereocenters. The zero-order valence-electron chi connectivity index (χ0n) is 14.4. The number of methoxy groups -OCH3 is 1. The number of rotatable bonds is 5. The number of likely N-dealkylation sites (tertiary alicyclic amines) is 1. The summed E-state index contributed by atoms with van der Waals surface area (Å²) in [5, 5.41) is 8.44. The van der Waals surface area contributed by atoms with Crippen molar-refractivity contribution in [1.82, 2.24) is 24.8 Å². The lowest BCUT2D eigenvalue weighted by atomic mass is 10.1. The highest BCUT2D eigenvalue weighted by Gasteiger charge is 2.28. The van der Waals surface area contributed by atoms with Gasteiger partial charge in [0.2, 0.25) is 0 Å². The SMILES string of the molecule is COc1ccc(-c2nc(CN3CCC[C@H]3c3cnn(C)c3)no2)cc1. The minimum atomic E-state index is 0.372. The fourth-order valence-corrected chi connectivity index (χ4v) is 3.36. The van der Waals surface area contributed by atoms with Gasteiger partial charge in [-0.3, -0.25) is 9.58 Å². The summed E-state index contributed by atoms with van der Waals surface area (Å²) in [7, 11) is 3.59. The summed E-state index contributed by atoms with van der Waals surface area (Å²) in [6.07, 6.45) is 6.33. The Hall–Kier alpha value is -2.67. The third kappa shape index (κ3) is 3.28. The van der Waals surface area contributed by atoms with Crippen molar-refractivity contribution >= 4 is 0 Å². The topological polar surface area (TPSA) is 69.2 Å². The highest BCUT2D eigenvalue weighted by Crippen LogP contribution is 2.32. The monoisotopic (exact) mass is 339 g/mol. The van der Waals surface area contributed by atoms with Crippen molar-refractivity contribution in [3.05, 3.63) is 48.0 Å². The van der Waals surface area contributed by atoms with Crippen LogP contribution in [0, 0.1) is 0 Å². The zero-order valence-corrected chi connectivity index (χ0v) is 14.4. The Kier molecular flexibility index (Phi) is 4.23. The van der Waals surface area contributed by atoms with E-state index in [-0.39, 0.29) is 0 Å². The van der Waals surface area contributed by atoms with Crippen LogP contribution in [0.25, 0.3) is 11.5 Å². The first kappa shape index (κ1) is 15.8. The maximum Gasteiger partial charge on any atom is 0.257 e. The molecule has 7 nitrogen and oxygen atoms in total. The van der Waals surface area contributed by atoms with Crippen molar-refractivity contribution in [2.45, 2.75) is 25.4 Å². The molecule has 130 valence electrons. The van der Waals surface area contributed by atoms with E-state index >= 15 is 0 Å². The third-order valence-electron chi connectivity index (χ3n) is 4.62. The fraction of sp³-hybridized carbons (Fsp3) is 0.389. The van der Waals surface area contributed by atoms with Crippen LogP contribution >= 0.6 is 0 Å². The molecule has 0 spiro atoms. The highest BCUT2D eigenvalue weighted by atomic mass is 16.5. The summed E-state index contributed by atoms with van der Waals surface area (Å²) in [6, 6.07) is 7.99. The first-order valence-corrected chi connectivity index (χ1v) is 8.42. The van der Waals surface area contributed by atoms with Crippen LogP contribution < -0.4 is 4.74 Å². The number of aromatic nitrogens is 4. The molecular formula is C18H21N5O2. The molecule has 4 rings (SSSR count). The van der Waals surface area contributed by atoms with Crippen molar-refractivity contribution in [3.63, 3.8) is 0 Å². The van der Waals surface area contributed by atoms with E-state index in [1.165, 1.54) is 12.0 Å². The van der Waals surface area contributed by atoms with Gasteiger partial charge in [0.05, 0.1) is 19.9 Å². The molecule has 3 heterocycles. The number of ether oxygens (including phenoxy) is 1. The van der Waals surface area contributed by atoms with Gasteiger partial charge in [-0.25, -0.2) is 0 Å². The highest BCUT2D eigenvalue weighted by molar-refractivity contribution is 5.54. The molecule has 0 N–H and O–H groups in total. The molecule has 1 atom stereocenters. The van der Waals surface area contributed by atoms with E-state index in [2.05, 4.69) is 26.3 Å². The maximum absolute atomic E-state index is 5.43. The number of benzene rings is 1. The van der Waals surface area contributed by atoms with E-state index < -0.39 is 0 Å². The summed E-state index contributed by atoms with van der Waals surface area (Å²) in [6.45, 7) is 1.71. The number of hydrogen-bond donors (Lipinski definition) is 0. The van der Waals surface area contributed by atoms with Crippen molar-refractivity contribution < 1.29 is 9.26 Å². The third-order valence-corrected chi connectivity index (χ3v) is 4.62. The summed E-state index contributed by atoms with van der Waals surface area (Å²) in [5.74, 6) is 2.05. The van der Waals surface area contributed by atoms with Gasteiger partial charge in [0.1, 0.15) is 5.75 Å². The lowest BCUT2D eigenvalue weighted by molar-refractivity contribution is 0.238. The molecular weight excluding hydrogens is 318 g/mol. The molecule has 1 aliphatic heterocycles. The van der Waals surface area contributed by atoms with E-state index in [4.69, 9.17) is 9.26 Å². The molecule has 0 saturated carbocycles. The fourth-order valence-electron chi connectivity index (χ4n) is 3.36. The molecule has 3 aromatic rings. The summed E-state index contributed by atoms with van der Waals surface area (Å²) in [4.78, 5) is 6.94. The molecule has 0 bridgehead atoms. The van der Waals surface area contributed by atoms with Crippen LogP contribution in [0.1, 0.15) is 30.3 Å². The van der Waals surface area contributed by atoms with E-state index in [9.17, 15) is 0 Å². The molecule has 1 aliphatic rings. The minimum absolute atomic E-state index is 0.372. The summed E-state index contributed by atoms with van der Waals surface area (Å²) in [5.41, 5.74) is 2.14. The Labute approximate surface area is 146 Å². The Morgan fingerprint density at radius 1 is 1.28 bits per heavy atom. The van der Waals surface area contributed by atoms with Crippen LogP contribution in [0.2, 0.25) is 0 Å². The molecule has 0 radical (unpaired) electrons. The molecule has 1 aromatic carbocycles. The van der Waals surface area contributed by atoms with Gasteiger partial charge >= 0.3 is 0 Å². The van der Waals surface area contributed by atoms with Crippen LogP contribution in [0.5, 0.6) is 5.75 Å². The minimum Gasteiger partial charge on any atom is -0.497 e. The normalized spacial score (nSPS) is 17.9. The molecule has 0 aliphatic carbocycles. The Morgan fingerprint density at radius 2 is 2.12 bits per heavy atom. The predicted octanol–water partition coefficient (Wildman–Crippen LogP) is 2.82. The first-order chi connectivity index (χ1) is 12.2. The van der Waals surface area contributed by atoms with Crippen LogP contribution in [0.15, 0.2) is 41.2 Å². The van der Waals surface area contributed by atoms with Crippen LogP contribution in [0.3, 0.4) is 0 Å². The van der Waals surface area contributed by atoms with Crippen molar-refractivity contribution in [2.24, 2.45) is 7.05 Å². The maximum atomic E-state index is 5.43. The number of hydrogen-bond acceptors (Lipinski definition) is 6. The number of aryl methyl sites for hydroxylation is 1. The summed E-state index contributed by atoms with van der Waals surface area (Å²) < 4.78 is 12.5. The van der Waals surface area contributed by atoms with E-state index in [0.29, 0.717) is 24.3 Å². The molecule has 2 aromatic heterocycles. The largest absolute Gasteiger partial charge is 0.497 e. The summed E-state index contributed by atoms with van der Waals surface area (Å²) >= 11 is 0. The van der Waals surface area contributed by atoms with Crippen LogP contribution in [-0.2, 0) is 13.6 Å². The smallest absolute Gasteiger partial charge is 0.257 e. The van der Waals surface area contributed by atoms with Crippen molar-refractivity contribution in [1.29, 1.82) is 0 Å². The predicted molar refractivity (Wildman–Crippen MR) is 91.9 cm³/mol. The molecule has 1 saturated heterocycles. The van der Waals surface area contributed by atoms with E-state index in [0.717, 1.165) is 24.3 Å². The lowest BCUT2D eigenvalue weighted by Crippen LogP contribution is -2.23. The van der Waals surface area contributed by atoms with Crippen molar-refractivity contribution in [3.8, 4) is 17.2 Å². The van der Waals surface area contributed by atoms with E-state index in [1.807, 2.05) is 42.2 Å². The Balaban J connectivity index is 1.48. The van der Waals surface area contributed by atoms with Gasteiger partial charge in [0.15, 0.2) is 5.82 Å². The van der Waals surface area contributed by atoms with Gasteiger partial charge in [-0.2, -0.15) is 10.1 Å². The lowest BCUT2D eigenvalue weighted by Gasteiger charge is -2.21. The average molecular weight is 339 g/mol. The zero-order chi connectivity index (χ0) is 17.2. The van der Waals surface area contributed by atoms with Gasteiger partial charge in [-0.1, -0.05) is 5.16 Å². The van der Waals surface area contributed by atoms with Crippen LogP contribution in [-0.4, -0.2) is 38.5 Å². The van der Waals surface area contributed by atoms with Gasteiger partial charge < -0.3 is 9.26 Å². The molecule has 25 heavy (non-hydrogen) atoms. The van der Waals surface area contributed by atoms with E-state index in [1.54, 1.807) is 7.11 Å². The Morgan fingerprint density at radius 3 is 2.84 bits per heavy atom. The molecule has 7 heteroatoms. The van der Waals surface area contributed by atoms with Gasteiger partial charge in [-0.15, -0.1) is 0 Å². The second kappa shape index (κ2) is 6.68. The average Bonchev–Trinajstić information content (AvgIpc) is 3.36. The van der Waals surface area contributed by atoms with Gasteiger partial charge in [0, 0.05) is 30.4 Å². The Bertz CT molecular complexity index is 839. The molecule has 0 amide bonds. The second-order valence-corrected chi connectivity index (χ2v) is 6.32. The molecule has 1 fully saturated rings. The number of nitrogens with zero attached hydrogens (tertiary/aromatic N) is 5. The van der Waals surface area contributed by atoms with Crippen LogP contribution in [0.4, 0.5) is 0 Å². The van der Waals surface area contributed by atoms with Crippen molar-refractivity contribution in [2.75, 3.05) is 13.7 Å². The standard InChI is InChI=1S/C18H21N5O2/c1-22-11-14(10-19-22)16-4-3-9-23(16)12-17-20-18(25-21-17)13-5-7-15(24-2)8-6-13/h5-8,10-11,16H,3-4,9,12H2,1-2H3/t16-/m0/s1. The second-order valence-electron chi connectivity index (χ2n) is 6.32. The first-order valence-electron chi connectivity index (χ1n) is 8.42.